The van der Waals surface area contributed by atoms with Crippen molar-refractivity contribution < 1.29 is 24.2 Å². The van der Waals surface area contributed by atoms with E-state index in [1.54, 1.807) is 36.4 Å². The van der Waals surface area contributed by atoms with Crippen LogP contribution in [0.3, 0.4) is 0 Å². The number of hydrogen-bond donors (Lipinski definition) is 2. The van der Waals surface area contributed by atoms with Crippen LogP contribution in [0.15, 0.2) is 48.5 Å². The number of rotatable bonds is 7. The number of carboxylic acids is 1. The van der Waals surface area contributed by atoms with E-state index in [4.69, 9.17) is 9.84 Å². The molecule has 0 aromatic heterocycles. The molecule has 118 valence electrons. The molecule has 2 aromatic rings. The summed E-state index contributed by atoms with van der Waals surface area (Å²) in [6.45, 7) is 0.139. The predicted octanol–water partition coefficient (Wildman–Crippen LogP) is 1.89. The Kier molecular flexibility index (Phi) is 5.46. The number of ether oxygens (including phenoxy) is 1. The maximum Gasteiger partial charge on any atom is 0.335 e. The lowest BCUT2D eigenvalue weighted by Crippen LogP contribution is -2.28. The van der Waals surface area contributed by atoms with Crippen molar-refractivity contribution >= 4 is 18.2 Å². The topological polar surface area (TPSA) is 92.7 Å². The zero-order chi connectivity index (χ0) is 16.7. The number of aromatic carboxylic acids is 1. The van der Waals surface area contributed by atoms with E-state index in [-0.39, 0.29) is 24.6 Å². The molecule has 0 radical (unpaired) electrons. The predicted molar refractivity (Wildman–Crippen MR) is 82.6 cm³/mol. The van der Waals surface area contributed by atoms with Crippen molar-refractivity contribution in [2.24, 2.45) is 0 Å². The Labute approximate surface area is 132 Å². The highest BCUT2D eigenvalue weighted by Gasteiger charge is 2.05. The fraction of sp³-hybridized carbons (Fsp3) is 0.118. The van der Waals surface area contributed by atoms with Crippen molar-refractivity contribution in [2.45, 2.75) is 6.54 Å². The first-order chi connectivity index (χ1) is 11.1. The lowest BCUT2D eigenvalue weighted by atomic mass is 10.1. The van der Waals surface area contributed by atoms with Crippen molar-refractivity contribution in [3.05, 3.63) is 65.2 Å². The van der Waals surface area contributed by atoms with Crippen LogP contribution < -0.4 is 10.1 Å². The van der Waals surface area contributed by atoms with Crippen LogP contribution in [0.2, 0.25) is 0 Å². The summed E-state index contributed by atoms with van der Waals surface area (Å²) in [5.74, 6) is -0.794. The number of aldehydes is 1. The lowest BCUT2D eigenvalue weighted by Gasteiger charge is -2.08. The summed E-state index contributed by atoms with van der Waals surface area (Å²) in [6, 6.07) is 12.7. The van der Waals surface area contributed by atoms with E-state index < -0.39 is 5.97 Å². The number of amides is 1. The van der Waals surface area contributed by atoms with Gasteiger partial charge in [0.1, 0.15) is 12.0 Å². The molecule has 0 heterocycles. The third-order valence-electron chi connectivity index (χ3n) is 3.08. The Morgan fingerprint density at radius 3 is 2.26 bits per heavy atom. The summed E-state index contributed by atoms with van der Waals surface area (Å²) in [7, 11) is 0. The monoisotopic (exact) mass is 313 g/mol. The second kappa shape index (κ2) is 7.74. The fourth-order valence-corrected chi connectivity index (χ4v) is 1.81. The van der Waals surface area contributed by atoms with Gasteiger partial charge in [-0.3, -0.25) is 9.59 Å². The van der Waals surface area contributed by atoms with Gasteiger partial charge in [0.2, 0.25) is 0 Å². The van der Waals surface area contributed by atoms with Gasteiger partial charge in [-0.2, -0.15) is 0 Å². The Hall–Kier alpha value is -3.15. The SMILES string of the molecule is O=Cc1ccc(OCC(=O)NCc2ccc(C(=O)O)cc2)cc1. The molecule has 23 heavy (non-hydrogen) atoms. The summed E-state index contributed by atoms with van der Waals surface area (Å²) < 4.78 is 5.30. The third kappa shape index (κ3) is 4.96. The van der Waals surface area contributed by atoms with E-state index in [0.29, 0.717) is 11.3 Å². The molecule has 0 aliphatic heterocycles. The number of carboxylic acid groups (broad SMARTS) is 1. The smallest absolute Gasteiger partial charge is 0.335 e. The van der Waals surface area contributed by atoms with Crippen LogP contribution in [0, 0.1) is 0 Å². The molecular weight excluding hydrogens is 298 g/mol. The molecule has 0 spiro atoms. The standard InChI is InChI=1S/C17H15NO5/c19-10-13-3-7-15(8-4-13)23-11-16(20)18-9-12-1-5-14(6-2-12)17(21)22/h1-8,10H,9,11H2,(H,18,20)(H,21,22). The summed E-state index contributed by atoms with van der Waals surface area (Å²) in [4.78, 5) is 33.0. The summed E-state index contributed by atoms with van der Waals surface area (Å²) in [5, 5.41) is 11.5. The quantitative estimate of drug-likeness (QED) is 0.762. The molecule has 0 aliphatic carbocycles. The maximum atomic E-state index is 11.7. The Bertz CT molecular complexity index is 692. The zero-order valence-electron chi connectivity index (χ0n) is 12.2. The van der Waals surface area contributed by atoms with Gasteiger partial charge in [-0.15, -0.1) is 0 Å². The maximum absolute atomic E-state index is 11.7. The van der Waals surface area contributed by atoms with Gasteiger partial charge in [-0.1, -0.05) is 12.1 Å². The molecule has 0 unspecified atom stereocenters. The van der Waals surface area contributed by atoms with Crippen molar-refractivity contribution in [1.82, 2.24) is 5.32 Å². The minimum absolute atomic E-state index is 0.145. The fourth-order valence-electron chi connectivity index (χ4n) is 1.81. The van der Waals surface area contributed by atoms with Gasteiger partial charge in [0.15, 0.2) is 6.61 Å². The van der Waals surface area contributed by atoms with Gasteiger partial charge < -0.3 is 15.2 Å². The first kappa shape index (κ1) is 16.2. The van der Waals surface area contributed by atoms with E-state index in [0.717, 1.165) is 11.8 Å². The molecule has 2 rings (SSSR count). The Balaban J connectivity index is 1.78. The first-order valence-corrected chi connectivity index (χ1v) is 6.85. The van der Waals surface area contributed by atoms with E-state index in [2.05, 4.69) is 5.32 Å². The minimum atomic E-state index is -0.991. The van der Waals surface area contributed by atoms with E-state index >= 15 is 0 Å². The van der Waals surface area contributed by atoms with Crippen LogP contribution in [-0.2, 0) is 11.3 Å². The largest absolute Gasteiger partial charge is 0.484 e. The molecule has 2 aromatic carbocycles. The normalized spacial score (nSPS) is 9.91. The highest BCUT2D eigenvalue weighted by molar-refractivity contribution is 5.87. The molecule has 0 saturated heterocycles. The molecule has 2 N–H and O–H groups in total. The number of carbonyl (C=O) groups is 3. The average Bonchev–Trinajstić information content (AvgIpc) is 2.59. The summed E-state index contributed by atoms with van der Waals surface area (Å²) in [6.07, 6.45) is 0.728. The van der Waals surface area contributed by atoms with E-state index in [1.807, 2.05) is 0 Å². The number of benzene rings is 2. The molecule has 0 bridgehead atoms. The number of hydrogen-bond acceptors (Lipinski definition) is 4. The van der Waals surface area contributed by atoms with E-state index in [9.17, 15) is 14.4 Å². The molecule has 0 aliphatic rings. The van der Waals surface area contributed by atoms with Crippen LogP contribution in [0.1, 0.15) is 26.3 Å². The van der Waals surface area contributed by atoms with Crippen LogP contribution >= 0.6 is 0 Å². The lowest BCUT2D eigenvalue weighted by molar-refractivity contribution is -0.123. The van der Waals surface area contributed by atoms with Gasteiger partial charge in [-0.25, -0.2) is 4.79 Å². The number of nitrogens with one attached hydrogen (secondary N) is 1. The van der Waals surface area contributed by atoms with Crippen molar-refractivity contribution in [3.63, 3.8) is 0 Å². The molecule has 6 heteroatoms. The van der Waals surface area contributed by atoms with Crippen LogP contribution in [0.25, 0.3) is 0 Å². The van der Waals surface area contributed by atoms with Crippen molar-refractivity contribution in [3.8, 4) is 5.75 Å². The van der Waals surface area contributed by atoms with Crippen molar-refractivity contribution in [2.75, 3.05) is 6.61 Å². The second-order valence-electron chi connectivity index (χ2n) is 4.75. The highest BCUT2D eigenvalue weighted by atomic mass is 16.5. The average molecular weight is 313 g/mol. The van der Waals surface area contributed by atoms with Crippen molar-refractivity contribution in [1.29, 1.82) is 0 Å². The second-order valence-corrected chi connectivity index (χ2v) is 4.75. The third-order valence-corrected chi connectivity index (χ3v) is 3.08. The van der Waals surface area contributed by atoms with Crippen LogP contribution in [-0.4, -0.2) is 29.9 Å². The van der Waals surface area contributed by atoms with Gasteiger partial charge in [0.25, 0.3) is 5.91 Å². The number of carbonyl (C=O) groups excluding carboxylic acids is 2. The van der Waals surface area contributed by atoms with Crippen LogP contribution in [0.5, 0.6) is 5.75 Å². The molecule has 0 atom stereocenters. The van der Waals surface area contributed by atoms with Gasteiger partial charge in [0.05, 0.1) is 5.56 Å². The molecule has 0 saturated carbocycles. The van der Waals surface area contributed by atoms with Gasteiger partial charge in [-0.05, 0) is 42.0 Å². The molecular formula is C17H15NO5. The highest BCUT2D eigenvalue weighted by Crippen LogP contribution is 2.10. The zero-order valence-corrected chi connectivity index (χ0v) is 12.2. The molecule has 0 fully saturated rings. The molecule has 6 nitrogen and oxygen atoms in total. The van der Waals surface area contributed by atoms with Gasteiger partial charge >= 0.3 is 5.97 Å². The van der Waals surface area contributed by atoms with Crippen LogP contribution in [0.4, 0.5) is 0 Å². The summed E-state index contributed by atoms with van der Waals surface area (Å²) >= 11 is 0. The Morgan fingerprint density at radius 2 is 1.70 bits per heavy atom. The van der Waals surface area contributed by atoms with Gasteiger partial charge in [0, 0.05) is 12.1 Å². The Morgan fingerprint density at radius 1 is 1.04 bits per heavy atom. The van der Waals surface area contributed by atoms with E-state index in [1.165, 1.54) is 12.1 Å². The first-order valence-electron chi connectivity index (χ1n) is 6.85. The minimum Gasteiger partial charge on any atom is -0.484 e. The molecule has 1 amide bonds. The summed E-state index contributed by atoms with van der Waals surface area (Å²) in [5.41, 5.74) is 1.52.